The molecule has 1 heterocycles. The Morgan fingerprint density at radius 1 is 1.41 bits per heavy atom. The standard InChI is InChI=1S/C17H21NO4/c1-5-9-17(11-15(19)22-6-2)13-10-12(21-4)7-8-14(13)18(3)16(17)20/h5,7-10H,6,11H2,1-4H3/b9-5+/t17-/m0/s1. The normalized spacial score (nSPS) is 20.4. The molecule has 0 bridgehead atoms. The van der Waals surface area contributed by atoms with Crippen molar-refractivity contribution in [2.24, 2.45) is 0 Å². The van der Waals surface area contributed by atoms with Gasteiger partial charge in [-0.15, -0.1) is 0 Å². The van der Waals surface area contributed by atoms with E-state index < -0.39 is 11.4 Å². The zero-order chi connectivity index (χ0) is 16.3. The predicted molar refractivity (Wildman–Crippen MR) is 84.1 cm³/mol. The summed E-state index contributed by atoms with van der Waals surface area (Å²) in [6.07, 6.45) is 3.54. The molecule has 1 aliphatic heterocycles. The van der Waals surface area contributed by atoms with Gasteiger partial charge in [-0.05, 0) is 37.6 Å². The van der Waals surface area contributed by atoms with Crippen LogP contribution in [0.5, 0.6) is 5.75 Å². The number of carbonyl (C=O) groups is 2. The van der Waals surface area contributed by atoms with Gasteiger partial charge in [0, 0.05) is 12.7 Å². The van der Waals surface area contributed by atoms with Crippen LogP contribution < -0.4 is 9.64 Å². The summed E-state index contributed by atoms with van der Waals surface area (Å²) < 4.78 is 10.3. The van der Waals surface area contributed by atoms with Gasteiger partial charge in [0.1, 0.15) is 11.2 Å². The molecule has 118 valence electrons. The third-order valence-corrected chi connectivity index (χ3v) is 3.91. The lowest BCUT2D eigenvalue weighted by atomic mass is 9.78. The van der Waals surface area contributed by atoms with E-state index >= 15 is 0 Å². The molecule has 0 spiro atoms. The number of methoxy groups -OCH3 is 1. The van der Waals surface area contributed by atoms with Crippen LogP contribution >= 0.6 is 0 Å². The van der Waals surface area contributed by atoms with Gasteiger partial charge in [0.05, 0.1) is 20.1 Å². The molecule has 0 radical (unpaired) electrons. The molecule has 5 nitrogen and oxygen atoms in total. The summed E-state index contributed by atoms with van der Waals surface area (Å²) in [6, 6.07) is 5.46. The maximum atomic E-state index is 12.8. The topological polar surface area (TPSA) is 55.8 Å². The number of amides is 1. The number of rotatable bonds is 5. The van der Waals surface area contributed by atoms with Crippen LogP contribution in [0.3, 0.4) is 0 Å². The first kappa shape index (κ1) is 16.1. The fraction of sp³-hybridized carbons (Fsp3) is 0.412. The zero-order valence-corrected chi connectivity index (χ0v) is 13.4. The van der Waals surface area contributed by atoms with E-state index in [2.05, 4.69) is 0 Å². The molecule has 0 saturated heterocycles. The first-order valence-corrected chi connectivity index (χ1v) is 7.26. The van der Waals surface area contributed by atoms with Gasteiger partial charge in [0.2, 0.25) is 5.91 Å². The first-order chi connectivity index (χ1) is 10.5. The van der Waals surface area contributed by atoms with Crippen LogP contribution in [0.15, 0.2) is 30.4 Å². The summed E-state index contributed by atoms with van der Waals surface area (Å²) >= 11 is 0. The fourth-order valence-electron chi connectivity index (χ4n) is 2.93. The third kappa shape index (κ3) is 2.47. The van der Waals surface area contributed by atoms with Crippen molar-refractivity contribution < 1.29 is 19.1 Å². The minimum Gasteiger partial charge on any atom is -0.497 e. The van der Waals surface area contributed by atoms with Crippen molar-refractivity contribution in [2.75, 3.05) is 25.7 Å². The van der Waals surface area contributed by atoms with Gasteiger partial charge in [-0.25, -0.2) is 0 Å². The van der Waals surface area contributed by atoms with Gasteiger partial charge in [0.25, 0.3) is 0 Å². The van der Waals surface area contributed by atoms with Gasteiger partial charge in [-0.2, -0.15) is 0 Å². The summed E-state index contributed by atoms with van der Waals surface area (Å²) in [6.45, 7) is 3.87. The van der Waals surface area contributed by atoms with E-state index in [-0.39, 0.29) is 12.3 Å². The van der Waals surface area contributed by atoms with Crippen molar-refractivity contribution in [3.8, 4) is 5.75 Å². The van der Waals surface area contributed by atoms with Gasteiger partial charge in [-0.3, -0.25) is 9.59 Å². The Bertz CT molecular complexity index is 623. The summed E-state index contributed by atoms with van der Waals surface area (Å²) in [7, 11) is 3.29. The van der Waals surface area contributed by atoms with Crippen molar-refractivity contribution in [2.45, 2.75) is 25.7 Å². The summed E-state index contributed by atoms with van der Waals surface area (Å²) in [4.78, 5) is 26.5. The van der Waals surface area contributed by atoms with E-state index in [0.717, 1.165) is 11.3 Å². The van der Waals surface area contributed by atoms with Gasteiger partial charge in [-0.1, -0.05) is 12.2 Å². The third-order valence-electron chi connectivity index (χ3n) is 3.91. The lowest BCUT2D eigenvalue weighted by molar-refractivity contribution is -0.145. The molecular weight excluding hydrogens is 282 g/mol. The average Bonchev–Trinajstić information content (AvgIpc) is 2.70. The van der Waals surface area contributed by atoms with Crippen molar-refractivity contribution in [1.29, 1.82) is 0 Å². The molecule has 2 rings (SSSR count). The highest BCUT2D eigenvalue weighted by Gasteiger charge is 2.49. The van der Waals surface area contributed by atoms with E-state index in [1.54, 1.807) is 44.2 Å². The highest BCUT2D eigenvalue weighted by molar-refractivity contribution is 6.11. The molecule has 0 fully saturated rings. The SMILES string of the molecule is C/C=C/[C@@]1(CC(=O)OCC)C(=O)N(C)c2ccc(OC)cc21. The number of carbonyl (C=O) groups excluding carboxylic acids is 2. The minimum absolute atomic E-state index is 0.0193. The maximum Gasteiger partial charge on any atom is 0.307 e. The lowest BCUT2D eigenvalue weighted by Crippen LogP contribution is -2.39. The van der Waals surface area contributed by atoms with Crippen LogP contribution in [0.25, 0.3) is 0 Å². The Balaban J connectivity index is 2.58. The number of hydrogen-bond acceptors (Lipinski definition) is 4. The largest absolute Gasteiger partial charge is 0.497 e. The number of nitrogens with zero attached hydrogens (tertiary/aromatic N) is 1. The van der Waals surface area contributed by atoms with Crippen LogP contribution in [0.2, 0.25) is 0 Å². The maximum absolute atomic E-state index is 12.8. The van der Waals surface area contributed by atoms with E-state index in [4.69, 9.17) is 9.47 Å². The predicted octanol–water partition coefficient (Wildman–Crippen LogP) is 2.44. The second-order valence-corrected chi connectivity index (χ2v) is 5.20. The number of likely N-dealkylation sites (N-methyl/N-ethyl adjacent to an activating group) is 1. The van der Waals surface area contributed by atoms with Gasteiger partial charge >= 0.3 is 5.97 Å². The van der Waals surface area contributed by atoms with E-state index in [0.29, 0.717) is 12.4 Å². The Hall–Kier alpha value is -2.30. The number of allylic oxidation sites excluding steroid dienone is 1. The highest BCUT2D eigenvalue weighted by Crippen LogP contribution is 2.46. The van der Waals surface area contributed by atoms with Crippen LogP contribution in [0, 0.1) is 0 Å². The molecule has 0 aliphatic carbocycles. The van der Waals surface area contributed by atoms with Crippen molar-refractivity contribution in [3.05, 3.63) is 35.9 Å². The molecule has 0 unspecified atom stereocenters. The number of ether oxygens (including phenoxy) is 2. The molecular formula is C17H21NO4. The smallest absolute Gasteiger partial charge is 0.307 e. The molecule has 0 aromatic heterocycles. The highest BCUT2D eigenvalue weighted by atomic mass is 16.5. The molecule has 22 heavy (non-hydrogen) atoms. The molecule has 1 aromatic rings. The second kappa shape index (κ2) is 6.22. The van der Waals surface area contributed by atoms with E-state index in [1.807, 2.05) is 19.1 Å². The number of hydrogen-bond donors (Lipinski definition) is 0. The number of benzene rings is 1. The molecule has 0 saturated carbocycles. The van der Waals surface area contributed by atoms with Crippen molar-refractivity contribution in [3.63, 3.8) is 0 Å². The lowest BCUT2D eigenvalue weighted by Gasteiger charge is -2.23. The molecule has 0 N–H and O–H groups in total. The Labute approximate surface area is 130 Å². The van der Waals surface area contributed by atoms with Crippen molar-refractivity contribution in [1.82, 2.24) is 0 Å². The summed E-state index contributed by atoms with van der Waals surface area (Å²) in [5, 5.41) is 0. The monoisotopic (exact) mass is 303 g/mol. The minimum atomic E-state index is -1.03. The number of anilines is 1. The zero-order valence-electron chi connectivity index (χ0n) is 13.4. The van der Waals surface area contributed by atoms with Gasteiger partial charge < -0.3 is 14.4 Å². The Morgan fingerprint density at radius 2 is 2.14 bits per heavy atom. The average molecular weight is 303 g/mol. The van der Waals surface area contributed by atoms with E-state index in [1.165, 1.54) is 0 Å². The van der Waals surface area contributed by atoms with Crippen LogP contribution in [-0.2, 0) is 19.7 Å². The first-order valence-electron chi connectivity index (χ1n) is 7.26. The number of fused-ring (bicyclic) bond motifs is 1. The Kier molecular flexibility index (Phi) is 4.54. The molecule has 1 amide bonds. The van der Waals surface area contributed by atoms with Crippen LogP contribution in [0.1, 0.15) is 25.8 Å². The summed E-state index contributed by atoms with van der Waals surface area (Å²) in [5.74, 6) is 0.125. The van der Waals surface area contributed by atoms with Crippen LogP contribution in [0.4, 0.5) is 5.69 Å². The second-order valence-electron chi connectivity index (χ2n) is 5.20. The van der Waals surface area contributed by atoms with E-state index in [9.17, 15) is 9.59 Å². The molecule has 1 aliphatic rings. The number of esters is 1. The van der Waals surface area contributed by atoms with Gasteiger partial charge in [0.15, 0.2) is 0 Å². The van der Waals surface area contributed by atoms with Crippen LogP contribution in [-0.4, -0.2) is 32.6 Å². The van der Waals surface area contributed by atoms with Crippen molar-refractivity contribution >= 4 is 17.6 Å². The molecule has 5 heteroatoms. The fourth-order valence-corrected chi connectivity index (χ4v) is 2.93. The summed E-state index contributed by atoms with van der Waals surface area (Å²) in [5.41, 5.74) is 0.526. The molecule has 1 aromatic carbocycles. The quantitative estimate of drug-likeness (QED) is 0.619. The Morgan fingerprint density at radius 3 is 2.73 bits per heavy atom. The molecule has 1 atom stereocenters.